The number of hydrogen-bond donors (Lipinski definition) is 2. The summed E-state index contributed by atoms with van der Waals surface area (Å²) in [6.07, 6.45) is 5.24. The number of H-pyrrole nitrogens is 1. The van der Waals surface area contributed by atoms with Crippen LogP contribution < -0.4 is 11.3 Å². The van der Waals surface area contributed by atoms with Gasteiger partial charge in [-0.3, -0.25) is 4.79 Å². The summed E-state index contributed by atoms with van der Waals surface area (Å²) in [5.41, 5.74) is 6.06. The number of aromatic amines is 1. The van der Waals surface area contributed by atoms with E-state index in [2.05, 4.69) is 9.97 Å². The van der Waals surface area contributed by atoms with Gasteiger partial charge in [0.1, 0.15) is 11.6 Å². The third kappa shape index (κ3) is 2.58. The molecule has 0 unspecified atom stereocenters. The fourth-order valence-corrected chi connectivity index (χ4v) is 3.12. The van der Waals surface area contributed by atoms with E-state index >= 15 is 0 Å². The van der Waals surface area contributed by atoms with Crippen molar-refractivity contribution in [3.8, 4) is 0 Å². The first-order valence-electron chi connectivity index (χ1n) is 5.63. The molecule has 2 rings (SSSR count). The molecule has 0 aromatic carbocycles. The quantitative estimate of drug-likeness (QED) is 0.844. The summed E-state index contributed by atoms with van der Waals surface area (Å²) in [6, 6.07) is 0. The summed E-state index contributed by atoms with van der Waals surface area (Å²) >= 11 is 1.87. The van der Waals surface area contributed by atoms with Crippen molar-refractivity contribution in [3.63, 3.8) is 0 Å². The van der Waals surface area contributed by atoms with Gasteiger partial charge < -0.3 is 10.7 Å². The van der Waals surface area contributed by atoms with Crippen LogP contribution in [0.1, 0.15) is 37.1 Å². The average Bonchev–Trinajstić information content (AvgIpc) is 2.75. The molecule has 1 aliphatic carbocycles. The van der Waals surface area contributed by atoms with Crippen LogP contribution in [-0.4, -0.2) is 15.2 Å². The van der Waals surface area contributed by atoms with Crippen LogP contribution in [0.4, 0.5) is 5.82 Å². The molecule has 0 amide bonds. The first-order chi connectivity index (χ1) is 7.66. The van der Waals surface area contributed by atoms with Crippen LogP contribution in [0.2, 0.25) is 0 Å². The highest BCUT2D eigenvalue weighted by Crippen LogP contribution is 2.30. The lowest BCUT2D eigenvalue weighted by atomic mass is 10.3. The monoisotopic (exact) mass is 239 g/mol. The van der Waals surface area contributed by atoms with E-state index in [1.807, 2.05) is 11.8 Å². The summed E-state index contributed by atoms with van der Waals surface area (Å²) in [7, 11) is 0. The predicted molar refractivity (Wildman–Crippen MR) is 67.6 cm³/mol. The molecule has 1 aromatic heterocycles. The molecule has 4 nitrogen and oxygen atoms in total. The Bertz CT molecular complexity index is 424. The van der Waals surface area contributed by atoms with Crippen molar-refractivity contribution in [1.82, 2.24) is 9.97 Å². The lowest BCUT2D eigenvalue weighted by Gasteiger charge is -2.08. The van der Waals surface area contributed by atoms with Gasteiger partial charge in [0.25, 0.3) is 5.56 Å². The van der Waals surface area contributed by atoms with Crippen molar-refractivity contribution >= 4 is 17.6 Å². The maximum absolute atomic E-state index is 11.5. The van der Waals surface area contributed by atoms with Gasteiger partial charge in [-0.05, 0) is 19.8 Å². The van der Waals surface area contributed by atoms with Crippen molar-refractivity contribution in [2.45, 2.75) is 43.6 Å². The van der Waals surface area contributed by atoms with Crippen molar-refractivity contribution in [3.05, 3.63) is 21.7 Å². The fourth-order valence-electron chi connectivity index (χ4n) is 1.92. The van der Waals surface area contributed by atoms with Gasteiger partial charge in [-0.15, -0.1) is 0 Å². The zero-order chi connectivity index (χ0) is 11.5. The molecule has 0 bridgehead atoms. The smallest absolute Gasteiger partial charge is 0.255 e. The first kappa shape index (κ1) is 11.5. The lowest BCUT2D eigenvalue weighted by Crippen LogP contribution is -2.17. The van der Waals surface area contributed by atoms with E-state index in [1.54, 1.807) is 6.92 Å². The number of aromatic nitrogens is 2. The Kier molecular flexibility index (Phi) is 3.53. The molecule has 1 heterocycles. The molecule has 0 spiro atoms. The third-order valence-corrected chi connectivity index (χ3v) is 4.38. The van der Waals surface area contributed by atoms with Gasteiger partial charge in [-0.1, -0.05) is 12.8 Å². The minimum absolute atomic E-state index is 0.116. The predicted octanol–water partition coefficient (Wildman–Crippen LogP) is 1.84. The van der Waals surface area contributed by atoms with Crippen LogP contribution in [0.5, 0.6) is 0 Å². The Balaban J connectivity index is 2.01. The van der Waals surface area contributed by atoms with E-state index in [4.69, 9.17) is 5.73 Å². The third-order valence-electron chi connectivity index (χ3n) is 3.00. The van der Waals surface area contributed by atoms with Crippen LogP contribution >= 0.6 is 11.8 Å². The van der Waals surface area contributed by atoms with Gasteiger partial charge in [0.15, 0.2) is 0 Å². The van der Waals surface area contributed by atoms with Gasteiger partial charge in [0.2, 0.25) is 0 Å². The molecule has 1 fully saturated rings. The Morgan fingerprint density at radius 2 is 2.19 bits per heavy atom. The zero-order valence-corrected chi connectivity index (χ0v) is 10.3. The second-order valence-electron chi connectivity index (χ2n) is 4.24. The Morgan fingerprint density at radius 3 is 2.81 bits per heavy atom. The molecule has 88 valence electrons. The molecule has 0 radical (unpaired) electrons. The number of anilines is 1. The number of nitrogen functional groups attached to an aromatic ring is 1. The second-order valence-corrected chi connectivity index (χ2v) is 5.53. The Hall–Kier alpha value is -0.970. The van der Waals surface area contributed by atoms with E-state index < -0.39 is 0 Å². The summed E-state index contributed by atoms with van der Waals surface area (Å²) in [5, 5.41) is 0.729. The van der Waals surface area contributed by atoms with Gasteiger partial charge in [0, 0.05) is 5.25 Å². The molecule has 1 aliphatic rings. The first-order valence-corrected chi connectivity index (χ1v) is 6.68. The van der Waals surface area contributed by atoms with E-state index in [9.17, 15) is 4.79 Å². The number of nitrogens with zero attached hydrogens (tertiary/aromatic N) is 1. The normalized spacial score (nSPS) is 16.8. The highest BCUT2D eigenvalue weighted by atomic mass is 32.2. The van der Waals surface area contributed by atoms with E-state index in [0.29, 0.717) is 17.2 Å². The van der Waals surface area contributed by atoms with Crippen LogP contribution in [0.15, 0.2) is 4.79 Å². The second kappa shape index (κ2) is 4.91. The molecule has 0 aliphatic heterocycles. The summed E-state index contributed by atoms with van der Waals surface area (Å²) in [5.74, 6) is 1.81. The molecule has 5 heteroatoms. The largest absolute Gasteiger partial charge is 0.383 e. The van der Waals surface area contributed by atoms with Crippen molar-refractivity contribution in [2.24, 2.45) is 0 Å². The zero-order valence-electron chi connectivity index (χ0n) is 9.45. The van der Waals surface area contributed by atoms with Gasteiger partial charge >= 0.3 is 0 Å². The molecular formula is C11H17N3OS. The molecule has 1 aromatic rings. The Labute approximate surface area is 99.0 Å². The standard InChI is InChI=1S/C11H17N3OS/c1-7-10(12)13-9(14-11(7)15)6-16-8-4-2-3-5-8/h8H,2-6H2,1H3,(H3,12,13,14,15). The van der Waals surface area contributed by atoms with Crippen molar-refractivity contribution in [1.29, 1.82) is 0 Å². The minimum atomic E-state index is -0.116. The molecule has 0 atom stereocenters. The number of thioether (sulfide) groups is 1. The molecular weight excluding hydrogens is 222 g/mol. The number of nitrogens with one attached hydrogen (secondary N) is 1. The van der Waals surface area contributed by atoms with E-state index in [-0.39, 0.29) is 5.56 Å². The highest BCUT2D eigenvalue weighted by molar-refractivity contribution is 7.99. The highest BCUT2D eigenvalue weighted by Gasteiger charge is 2.16. The van der Waals surface area contributed by atoms with Crippen LogP contribution in [0, 0.1) is 6.92 Å². The van der Waals surface area contributed by atoms with Crippen molar-refractivity contribution in [2.75, 3.05) is 5.73 Å². The maximum atomic E-state index is 11.5. The van der Waals surface area contributed by atoms with Crippen molar-refractivity contribution < 1.29 is 0 Å². The molecule has 3 N–H and O–H groups in total. The molecule has 0 saturated heterocycles. The Morgan fingerprint density at radius 1 is 1.50 bits per heavy atom. The lowest BCUT2D eigenvalue weighted by molar-refractivity contribution is 0.886. The molecule has 16 heavy (non-hydrogen) atoms. The van der Waals surface area contributed by atoms with E-state index in [0.717, 1.165) is 11.0 Å². The fraction of sp³-hybridized carbons (Fsp3) is 0.636. The van der Waals surface area contributed by atoms with Crippen LogP contribution in [-0.2, 0) is 5.75 Å². The number of hydrogen-bond acceptors (Lipinski definition) is 4. The average molecular weight is 239 g/mol. The topological polar surface area (TPSA) is 71.8 Å². The summed E-state index contributed by atoms with van der Waals surface area (Å²) in [4.78, 5) is 18.4. The number of nitrogens with two attached hydrogens (primary N) is 1. The minimum Gasteiger partial charge on any atom is -0.383 e. The summed E-state index contributed by atoms with van der Waals surface area (Å²) in [6.45, 7) is 1.69. The maximum Gasteiger partial charge on any atom is 0.255 e. The van der Waals surface area contributed by atoms with Crippen LogP contribution in [0.25, 0.3) is 0 Å². The molecule has 1 saturated carbocycles. The van der Waals surface area contributed by atoms with Gasteiger partial charge in [-0.25, -0.2) is 4.98 Å². The van der Waals surface area contributed by atoms with Gasteiger partial charge in [0.05, 0.1) is 11.3 Å². The summed E-state index contributed by atoms with van der Waals surface area (Å²) < 4.78 is 0. The van der Waals surface area contributed by atoms with E-state index in [1.165, 1.54) is 25.7 Å². The van der Waals surface area contributed by atoms with Gasteiger partial charge in [-0.2, -0.15) is 11.8 Å². The number of rotatable bonds is 3. The van der Waals surface area contributed by atoms with Crippen LogP contribution in [0.3, 0.4) is 0 Å². The SMILES string of the molecule is Cc1c(N)nc(CSC2CCCC2)[nH]c1=O.